The SMILES string of the molecule is CCC(CC)NS(=O)(=O)c1cc(C)c(CNC)s1. The fourth-order valence-electron chi connectivity index (χ4n) is 1.69. The molecular weight excluding hydrogens is 268 g/mol. The fourth-order valence-corrected chi connectivity index (χ4v) is 4.71. The highest BCUT2D eigenvalue weighted by molar-refractivity contribution is 7.91. The Morgan fingerprint density at radius 3 is 2.44 bits per heavy atom. The molecule has 104 valence electrons. The zero-order chi connectivity index (χ0) is 13.8. The van der Waals surface area contributed by atoms with Crippen molar-refractivity contribution in [2.75, 3.05) is 7.05 Å². The minimum absolute atomic E-state index is 0.0187. The number of aryl methyl sites for hydroxylation is 1. The molecule has 0 aliphatic heterocycles. The molecule has 0 fully saturated rings. The van der Waals surface area contributed by atoms with Crippen LogP contribution in [0.15, 0.2) is 10.3 Å². The lowest BCUT2D eigenvalue weighted by Crippen LogP contribution is -2.33. The van der Waals surface area contributed by atoms with Crippen molar-refractivity contribution in [2.45, 2.75) is 50.4 Å². The summed E-state index contributed by atoms with van der Waals surface area (Å²) in [5.74, 6) is 0. The molecule has 0 radical (unpaired) electrons. The summed E-state index contributed by atoms with van der Waals surface area (Å²) in [6.07, 6.45) is 1.62. The topological polar surface area (TPSA) is 58.2 Å². The van der Waals surface area contributed by atoms with Crippen molar-refractivity contribution in [2.24, 2.45) is 0 Å². The van der Waals surface area contributed by atoms with Crippen molar-refractivity contribution in [3.05, 3.63) is 16.5 Å². The molecule has 1 aromatic rings. The van der Waals surface area contributed by atoms with Crippen molar-refractivity contribution in [3.8, 4) is 0 Å². The minimum Gasteiger partial charge on any atom is -0.315 e. The maximum atomic E-state index is 12.2. The predicted molar refractivity (Wildman–Crippen MR) is 76.5 cm³/mol. The van der Waals surface area contributed by atoms with Crippen LogP contribution in [0.2, 0.25) is 0 Å². The standard InChI is InChI=1S/C12H22N2O2S2/c1-5-10(6-2)14-18(15,16)12-7-9(3)11(17-12)8-13-4/h7,10,13-14H,5-6,8H2,1-4H3. The van der Waals surface area contributed by atoms with Gasteiger partial charge in [0.05, 0.1) is 0 Å². The van der Waals surface area contributed by atoms with Gasteiger partial charge >= 0.3 is 0 Å². The summed E-state index contributed by atoms with van der Waals surface area (Å²) in [5, 5.41) is 3.05. The van der Waals surface area contributed by atoms with Gasteiger partial charge in [-0.1, -0.05) is 13.8 Å². The summed E-state index contributed by atoms with van der Waals surface area (Å²) in [4.78, 5) is 1.07. The molecule has 1 heterocycles. The first kappa shape index (κ1) is 15.6. The van der Waals surface area contributed by atoms with E-state index in [0.717, 1.165) is 23.3 Å². The zero-order valence-electron chi connectivity index (χ0n) is 11.4. The Labute approximate surface area is 114 Å². The average molecular weight is 290 g/mol. The van der Waals surface area contributed by atoms with Crippen molar-refractivity contribution in [3.63, 3.8) is 0 Å². The molecule has 0 aliphatic carbocycles. The van der Waals surface area contributed by atoms with Gasteiger partial charge < -0.3 is 5.32 Å². The Morgan fingerprint density at radius 2 is 1.94 bits per heavy atom. The lowest BCUT2D eigenvalue weighted by molar-refractivity contribution is 0.531. The van der Waals surface area contributed by atoms with E-state index in [2.05, 4.69) is 10.0 Å². The van der Waals surface area contributed by atoms with Crippen molar-refractivity contribution < 1.29 is 8.42 Å². The van der Waals surface area contributed by atoms with Gasteiger partial charge in [0.15, 0.2) is 0 Å². The smallest absolute Gasteiger partial charge is 0.250 e. The Morgan fingerprint density at radius 1 is 1.33 bits per heavy atom. The van der Waals surface area contributed by atoms with Crippen molar-refractivity contribution >= 4 is 21.4 Å². The van der Waals surface area contributed by atoms with E-state index in [0.29, 0.717) is 10.8 Å². The molecule has 0 aliphatic rings. The average Bonchev–Trinajstić information content (AvgIpc) is 2.69. The quantitative estimate of drug-likeness (QED) is 0.809. The van der Waals surface area contributed by atoms with Gasteiger partial charge in [-0.15, -0.1) is 11.3 Å². The van der Waals surface area contributed by atoms with Crippen LogP contribution in [0.25, 0.3) is 0 Å². The van der Waals surface area contributed by atoms with Crippen LogP contribution in [0.4, 0.5) is 0 Å². The first-order valence-electron chi connectivity index (χ1n) is 6.20. The molecule has 18 heavy (non-hydrogen) atoms. The number of rotatable bonds is 7. The van der Waals surface area contributed by atoms with E-state index in [1.807, 2.05) is 27.8 Å². The maximum Gasteiger partial charge on any atom is 0.250 e. The summed E-state index contributed by atoms with van der Waals surface area (Å²) in [6.45, 7) is 6.63. The van der Waals surface area contributed by atoms with E-state index in [4.69, 9.17) is 0 Å². The van der Waals surface area contributed by atoms with Gasteiger partial charge in [0.25, 0.3) is 0 Å². The van der Waals surface area contributed by atoms with E-state index in [9.17, 15) is 8.42 Å². The molecule has 0 saturated heterocycles. The van der Waals surface area contributed by atoms with Gasteiger partial charge in [-0.25, -0.2) is 13.1 Å². The van der Waals surface area contributed by atoms with Crippen molar-refractivity contribution in [1.29, 1.82) is 0 Å². The van der Waals surface area contributed by atoms with Crippen LogP contribution in [0.1, 0.15) is 37.1 Å². The highest BCUT2D eigenvalue weighted by Crippen LogP contribution is 2.26. The second-order valence-corrected chi connectivity index (χ2v) is 7.41. The highest BCUT2D eigenvalue weighted by atomic mass is 32.2. The Kier molecular flexibility index (Phi) is 5.78. The van der Waals surface area contributed by atoms with Crippen LogP contribution < -0.4 is 10.0 Å². The molecule has 0 atom stereocenters. The number of hydrogen-bond donors (Lipinski definition) is 2. The summed E-state index contributed by atoms with van der Waals surface area (Å²) in [7, 11) is -1.51. The Balaban J connectivity index is 2.94. The molecule has 0 bridgehead atoms. The first-order chi connectivity index (χ1) is 8.44. The summed E-state index contributed by atoms with van der Waals surface area (Å²) >= 11 is 1.34. The van der Waals surface area contributed by atoms with Crippen LogP contribution in [0, 0.1) is 6.92 Å². The summed E-state index contributed by atoms with van der Waals surface area (Å²) < 4.78 is 27.6. The van der Waals surface area contributed by atoms with Crippen LogP contribution >= 0.6 is 11.3 Å². The van der Waals surface area contributed by atoms with Gasteiger partial charge in [-0.3, -0.25) is 0 Å². The van der Waals surface area contributed by atoms with E-state index < -0.39 is 10.0 Å². The van der Waals surface area contributed by atoms with Gasteiger partial charge in [-0.05, 0) is 38.4 Å². The number of nitrogens with one attached hydrogen (secondary N) is 2. The van der Waals surface area contributed by atoms with E-state index in [1.165, 1.54) is 11.3 Å². The lowest BCUT2D eigenvalue weighted by Gasteiger charge is -2.13. The fraction of sp³-hybridized carbons (Fsp3) is 0.667. The number of sulfonamides is 1. The van der Waals surface area contributed by atoms with Crippen LogP contribution in [0.3, 0.4) is 0 Å². The van der Waals surface area contributed by atoms with E-state index >= 15 is 0 Å². The molecule has 0 unspecified atom stereocenters. The summed E-state index contributed by atoms with van der Waals surface area (Å²) in [6, 6.07) is 1.77. The highest BCUT2D eigenvalue weighted by Gasteiger charge is 2.21. The van der Waals surface area contributed by atoms with Gasteiger partial charge in [0.2, 0.25) is 10.0 Å². The van der Waals surface area contributed by atoms with Gasteiger partial charge in [-0.2, -0.15) is 0 Å². The molecular formula is C12H22N2O2S2. The molecule has 0 saturated carbocycles. The number of thiophene rings is 1. The molecule has 0 amide bonds. The van der Waals surface area contributed by atoms with Crippen LogP contribution in [-0.2, 0) is 16.6 Å². The molecule has 0 aromatic carbocycles. The Bertz CT molecular complexity index is 476. The third-order valence-corrected chi connectivity index (χ3v) is 6.14. The normalized spacial score (nSPS) is 12.3. The van der Waals surface area contributed by atoms with Gasteiger partial charge in [0, 0.05) is 17.5 Å². The molecule has 2 N–H and O–H groups in total. The third kappa shape index (κ3) is 3.78. The molecule has 0 spiro atoms. The number of hydrogen-bond acceptors (Lipinski definition) is 4. The van der Waals surface area contributed by atoms with Crippen molar-refractivity contribution in [1.82, 2.24) is 10.0 Å². The second-order valence-electron chi connectivity index (χ2n) is 4.34. The minimum atomic E-state index is -3.36. The maximum absolute atomic E-state index is 12.2. The monoisotopic (exact) mass is 290 g/mol. The predicted octanol–water partition coefficient (Wildman–Crippen LogP) is 2.24. The van der Waals surface area contributed by atoms with Crippen LogP contribution in [0.5, 0.6) is 0 Å². The zero-order valence-corrected chi connectivity index (χ0v) is 13.0. The van der Waals surface area contributed by atoms with E-state index in [-0.39, 0.29) is 6.04 Å². The third-order valence-electron chi connectivity index (χ3n) is 2.91. The largest absolute Gasteiger partial charge is 0.315 e. The second kappa shape index (κ2) is 6.65. The molecule has 1 aromatic heterocycles. The Hall–Kier alpha value is -0.430. The van der Waals surface area contributed by atoms with Crippen LogP contribution in [-0.4, -0.2) is 21.5 Å². The van der Waals surface area contributed by atoms with Gasteiger partial charge in [0.1, 0.15) is 4.21 Å². The lowest BCUT2D eigenvalue weighted by atomic mass is 10.2. The molecule has 6 heteroatoms. The molecule has 4 nitrogen and oxygen atoms in total. The summed E-state index contributed by atoms with van der Waals surface area (Å²) in [5.41, 5.74) is 1.03. The first-order valence-corrected chi connectivity index (χ1v) is 8.50. The van der Waals surface area contributed by atoms with E-state index in [1.54, 1.807) is 6.07 Å². The molecule has 1 rings (SSSR count).